The minimum Gasteiger partial charge on any atom is -0.399 e. The lowest BCUT2D eigenvalue weighted by molar-refractivity contribution is 0.303. The summed E-state index contributed by atoms with van der Waals surface area (Å²) in [4.78, 5) is -0.406. The summed E-state index contributed by atoms with van der Waals surface area (Å²) in [7, 11) is -3.92. The van der Waals surface area contributed by atoms with E-state index < -0.39 is 20.7 Å². The van der Waals surface area contributed by atoms with E-state index in [1.54, 1.807) is 0 Å². The molecule has 118 valence electrons. The molecule has 2 rings (SSSR count). The van der Waals surface area contributed by atoms with E-state index in [2.05, 4.69) is 20.7 Å². The summed E-state index contributed by atoms with van der Waals surface area (Å²) < 4.78 is 41.5. The monoisotopic (exact) mass is 378 g/mol. The maximum Gasteiger partial charge on any atom is 0.243 e. The molecule has 0 aliphatic heterocycles. The third-order valence-electron chi connectivity index (χ3n) is 4.00. The van der Waals surface area contributed by atoms with Crippen molar-refractivity contribution in [2.75, 3.05) is 5.73 Å². The van der Waals surface area contributed by atoms with E-state index in [1.165, 1.54) is 12.5 Å². The molecule has 0 heterocycles. The van der Waals surface area contributed by atoms with E-state index in [1.807, 2.05) is 6.92 Å². The molecule has 4 nitrogen and oxygen atoms in total. The molecule has 21 heavy (non-hydrogen) atoms. The summed E-state index contributed by atoms with van der Waals surface area (Å²) in [6.45, 7) is 1.84. The fourth-order valence-electron chi connectivity index (χ4n) is 2.82. The van der Waals surface area contributed by atoms with Crippen LogP contribution in [0, 0.1) is 11.7 Å². The molecule has 1 saturated carbocycles. The zero-order valence-corrected chi connectivity index (χ0v) is 14.3. The van der Waals surface area contributed by atoms with Gasteiger partial charge in [0.15, 0.2) is 5.82 Å². The molecule has 1 aliphatic rings. The molecule has 0 saturated heterocycles. The van der Waals surface area contributed by atoms with Crippen molar-refractivity contribution in [2.24, 2.45) is 5.92 Å². The first-order valence-electron chi connectivity index (χ1n) is 7.08. The van der Waals surface area contributed by atoms with Crippen LogP contribution in [-0.2, 0) is 10.0 Å². The Morgan fingerprint density at radius 3 is 2.57 bits per heavy atom. The van der Waals surface area contributed by atoms with Crippen molar-refractivity contribution in [3.63, 3.8) is 0 Å². The molecule has 3 N–H and O–H groups in total. The molecule has 1 aromatic rings. The lowest BCUT2D eigenvalue weighted by Gasteiger charge is -2.28. The van der Waals surface area contributed by atoms with Gasteiger partial charge in [0.25, 0.3) is 0 Å². The third-order valence-corrected chi connectivity index (χ3v) is 6.14. The van der Waals surface area contributed by atoms with Crippen molar-refractivity contribution in [2.45, 2.75) is 50.0 Å². The van der Waals surface area contributed by atoms with Gasteiger partial charge in [0.1, 0.15) is 4.90 Å². The van der Waals surface area contributed by atoms with Gasteiger partial charge >= 0.3 is 0 Å². The zero-order chi connectivity index (χ0) is 15.6. The van der Waals surface area contributed by atoms with Gasteiger partial charge < -0.3 is 5.73 Å². The van der Waals surface area contributed by atoms with Gasteiger partial charge in [0, 0.05) is 11.7 Å². The lowest BCUT2D eigenvalue weighted by atomic mass is 9.85. The highest BCUT2D eigenvalue weighted by Gasteiger charge is 2.27. The number of sulfonamides is 1. The summed E-state index contributed by atoms with van der Waals surface area (Å²) in [5.74, 6) is -0.506. The number of nitrogens with one attached hydrogen (secondary N) is 1. The minimum absolute atomic E-state index is 0.0493. The Labute approximate surface area is 133 Å². The second kappa shape index (κ2) is 6.62. The van der Waals surface area contributed by atoms with E-state index in [-0.39, 0.29) is 16.2 Å². The van der Waals surface area contributed by atoms with Crippen LogP contribution < -0.4 is 10.5 Å². The maximum atomic E-state index is 14.0. The number of hydrogen-bond donors (Lipinski definition) is 2. The van der Waals surface area contributed by atoms with Crippen LogP contribution >= 0.6 is 15.9 Å². The minimum atomic E-state index is -3.92. The molecule has 0 spiro atoms. The van der Waals surface area contributed by atoms with Gasteiger partial charge in [-0.15, -0.1) is 0 Å². The largest absolute Gasteiger partial charge is 0.399 e. The van der Waals surface area contributed by atoms with E-state index >= 15 is 0 Å². The van der Waals surface area contributed by atoms with E-state index in [4.69, 9.17) is 5.73 Å². The fourth-order valence-corrected chi connectivity index (χ4v) is 4.87. The molecule has 1 aliphatic carbocycles. The molecule has 0 amide bonds. The van der Waals surface area contributed by atoms with Gasteiger partial charge in [0.2, 0.25) is 10.0 Å². The Bertz CT molecular complexity index is 616. The average molecular weight is 379 g/mol. The predicted molar refractivity (Wildman–Crippen MR) is 84.9 cm³/mol. The number of rotatable bonds is 4. The van der Waals surface area contributed by atoms with Gasteiger partial charge in [-0.3, -0.25) is 0 Å². The molecular weight excluding hydrogens is 359 g/mol. The first-order valence-corrected chi connectivity index (χ1v) is 9.35. The number of halogens is 2. The van der Waals surface area contributed by atoms with Crippen LogP contribution in [0.1, 0.15) is 39.0 Å². The molecule has 1 unspecified atom stereocenters. The van der Waals surface area contributed by atoms with E-state index in [0.717, 1.165) is 31.7 Å². The molecule has 1 atom stereocenters. The van der Waals surface area contributed by atoms with Crippen LogP contribution in [0.3, 0.4) is 0 Å². The highest BCUT2D eigenvalue weighted by Crippen LogP contribution is 2.29. The Morgan fingerprint density at radius 1 is 1.33 bits per heavy atom. The molecule has 7 heteroatoms. The van der Waals surface area contributed by atoms with E-state index in [0.29, 0.717) is 5.92 Å². The van der Waals surface area contributed by atoms with Crippen molar-refractivity contribution in [3.05, 3.63) is 22.4 Å². The van der Waals surface area contributed by atoms with Crippen molar-refractivity contribution in [1.82, 2.24) is 4.72 Å². The van der Waals surface area contributed by atoms with Crippen molar-refractivity contribution >= 4 is 31.6 Å². The van der Waals surface area contributed by atoms with Crippen LogP contribution in [0.15, 0.2) is 21.5 Å². The summed E-state index contributed by atoms with van der Waals surface area (Å²) in [6, 6.07) is 2.28. The Kier molecular flexibility index (Phi) is 5.27. The lowest BCUT2D eigenvalue weighted by Crippen LogP contribution is -2.39. The molecule has 1 aromatic carbocycles. The number of nitrogens with two attached hydrogens (primary N) is 1. The SMILES string of the molecule is CC(NS(=O)(=O)c1cc(N)cc(Br)c1F)C1CCCCC1. The van der Waals surface area contributed by atoms with Gasteiger partial charge in [-0.05, 0) is 53.7 Å². The van der Waals surface area contributed by atoms with Crippen LogP contribution in [0.2, 0.25) is 0 Å². The van der Waals surface area contributed by atoms with E-state index in [9.17, 15) is 12.8 Å². The molecule has 0 aromatic heterocycles. The number of hydrogen-bond acceptors (Lipinski definition) is 3. The molecule has 1 fully saturated rings. The molecular formula is C14H20BrFN2O2S. The van der Waals surface area contributed by atoms with Crippen LogP contribution in [0.5, 0.6) is 0 Å². The first kappa shape index (κ1) is 16.7. The number of nitrogen functional groups attached to an aromatic ring is 1. The highest BCUT2D eigenvalue weighted by molar-refractivity contribution is 9.10. The summed E-state index contributed by atoms with van der Waals surface area (Å²) >= 11 is 2.98. The number of benzene rings is 1. The summed E-state index contributed by atoms with van der Waals surface area (Å²) in [5, 5.41) is 0. The fraction of sp³-hybridized carbons (Fsp3) is 0.571. The van der Waals surface area contributed by atoms with Gasteiger partial charge in [-0.1, -0.05) is 19.3 Å². The normalized spacial score (nSPS) is 18.6. The third kappa shape index (κ3) is 3.96. The van der Waals surface area contributed by atoms with Gasteiger partial charge in [-0.25, -0.2) is 17.5 Å². The Morgan fingerprint density at radius 2 is 1.95 bits per heavy atom. The maximum absolute atomic E-state index is 14.0. The Balaban J connectivity index is 2.22. The zero-order valence-electron chi connectivity index (χ0n) is 11.9. The van der Waals surface area contributed by atoms with Crippen molar-refractivity contribution in [1.29, 1.82) is 0 Å². The van der Waals surface area contributed by atoms with Crippen molar-refractivity contribution < 1.29 is 12.8 Å². The quantitative estimate of drug-likeness (QED) is 0.788. The molecule has 0 bridgehead atoms. The first-order chi connectivity index (χ1) is 9.81. The van der Waals surface area contributed by atoms with Gasteiger partial charge in [0.05, 0.1) is 4.47 Å². The standard InChI is InChI=1S/C14H20BrFN2O2S/c1-9(10-5-3-2-4-6-10)18-21(19,20)13-8-11(17)7-12(15)14(13)16/h7-10,18H,2-6,17H2,1H3. The molecule has 0 radical (unpaired) electrons. The smallest absolute Gasteiger partial charge is 0.243 e. The van der Waals surface area contributed by atoms with Gasteiger partial charge in [-0.2, -0.15) is 0 Å². The van der Waals surface area contributed by atoms with Crippen LogP contribution in [0.4, 0.5) is 10.1 Å². The predicted octanol–water partition coefficient (Wildman–Crippen LogP) is 3.42. The average Bonchev–Trinajstić information content (AvgIpc) is 2.43. The van der Waals surface area contributed by atoms with Crippen LogP contribution in [-0.4, -0.2) is 14.5 Å². The van der Waals surface area contributed by atoms with Crippen LogP contribution in [0.25, 0.3) is 0 Å². The highest BCUT2D eigenvalue weighted by atomic mass is 79.9. The number of anilines is 1. The topological polar surface area (TPSA) is 72.2 Å². The second-order valence-electron chi connectivity index (χ2n) is 5.62. The second-order valence-corrected chi connectivity index (χ2v) is 8.16. The summed E-state index contributed by atoms with van der Waals surface area (Å²) in [6.07, 6.45) is 5.45. The Hall–Kier alpha value is -0.660. The summed E-state index contributed by atoms with van der Waals surface area (Å²) in [5.41, 5.74) is 5.81. The van der Waals surface area contributed by atoms with Crippen molar-refractivity contribution in [3.8, 4) is 0 Å².